The number of nitrogens with two attached hydrogens (primary N) is 1. The van der Waals surface area contributed by atoms with E-state index in [1.165, 1.54) is 12.1 Å². The van der Waals surface area contributed by atoms with E-state index in [4.69, 9.17) is 10.5 Å². The molecule has 0 aliphatic carbocycles. The van der Waals surface area contributed by atoms with Crippen LogP contribution in [0, 0.1) is 6.92 Å². The summed E-state index contributed by atoms with van der Waals surface area (Å²) in [6.07, 6.45) is 1.59. The Balaban J connectivity index is 1.78. The molecular weight excluding hydrogens is 400 g/mol. The fraction of sp³-hybridized carbons (Fsp3) is 0.261. The lowest BCUT2D eigenvalue weighted by atomic mass is 10.1. The Morgan fingerprint density at radius 1 is 1.00 bits per heavy atom. The van der Waals surface area contributed by atoms with Gasteiger partial charge in [-0.25, -0.2) is 13.2 Å². The summed E-state index contributed by atoms with van der Waals surface area (Å²) < 4.78 is 33.6. The summed E-state index contributed by atoms with van der Waals surface area (Å²) in [5.74, 6) is -0.268. The number of esters is 1. The lowest BCUT2D eigenvalue weighted by molar-refractivity contribution is -0.136. The van der Waals surface area contributed by atoms with Gasteiger partial charge in [0.1, 0.15) is 11.8 Å². The third kappa shape index (κ3) is 5.66. The first kappa shape index (κ1) is 22.0. The van der Waals surface area contributed by atoms with Gasteiger partial charge in [0, 0.05) is 0 Å². The second-order valence-electron chi connectivity index (χ2n) is 7.20. The van der Waals surface area contributed by atoms with Gasteiger partial charge in [0.2, 0.25) is 10.0 Å². The van der Waals surface area contributed by atoms with Gasteiger partial charge in [-0.05, 0) is 61.3 Å². The number of unbranched alkanes of at least 4 members (excludes halogenated alkanes) is 1. The van der Waals surface area contributed by atoms with Crippen molar-refractivity contribution in [2.75, 3.05) is 6.54 Å². The Morgan fingerprint density at radius 3 is 2.40 bits per heavy atom. The third-order valence-corrected chi connectivity index (χ3v) is 6.29. The van der Waals surface area contributed by atoms with Gasteiger partial charge < -0.3 is 10.5 Å². The zero-order valence-electron chi connectivity index (χ0n) is 16.9. The lowest BCUT2D eigenvalue weighted by Gasteiger charge is -2.18. The van der Waals surface area contributed by atoms with Crippen molar-refractivity contribution in [1.82, 2.24) is 4.72 Å². The molecule has 0 radical (unpaired) electrons. The van der Waals surface area contributed by atoms with Crippen molar-refractivity contribution in [1.29, 1.82) is 0 Å². The summed E-state index contributed by atoms with van der Waals surface area (Å²) in [4.78, 5) is 12.9. The first-order valence-electron chi connectivity index (χ1n) is 9.88. The van der Waals surface area contributed by atoms with Gasteiger partial charge in [-0.15, -0.1) is 0 Å². The summed E-state index contributed by atoms with van der Waals surface area (Å²) in [5, 5.41) is 1.96. The number of sulfonamides is 1. The molecule has 6 nitrogen and oxygen atoms in total. The number of fused-ring (bicyclic) bond motifs is 1. The van der Waals surface area contributed by atoms with Gasteiger partial charge in [-0.2, -0.15) is 4.72 Å². The number of carbonyl (C=O) groups is 1. The highest BCUT2D eigenvalue weighted by Crippen LogP contribution is 2.21. The fourth-order valence-electron chi connectivity index (χ4n) is 3.11. The molecule has 3 rings (SSSR count). The number of aryl methyl sites for hydroxylation is 1. The summed E-state index contributed by atoms with van der Waals surface area (Å²) >= 11 is 0. The van der Waals surface area contributed by atoms with E-state index in [1.807, 2.05) is 37.3 Å². The number of ether oxygens (including phenoxy) is 1. The fourth-order valence-corrected chi connectivity index (χ4v) is 4.33. The predicted octanol–water partition coefficient (Wildman–Crippen LogP) is 3.53. The largest absolute Gasteiger partial charge is 0.425 e. The Bertz CT molecular complexity index is 1110. The number of benzene rings is 3. The average Bonchev–Trinajstić information content (AvgIpc) is 2.73. The predicted molar refractivity (Wildman–Crippen MR) is 118 cm³/mol. The van der Waals surface area contributed by atoms with Crippen molar-refractivity contribution in [2.45, 2.75) is 37.1 Å². The number of carbonyl (C=O) groups excluding carboxylic acids is 1. The van der Waals surface area contributed by atoms with Crippen molar-refractivity contribution in [3.63, 3.8) is 0 Å². The Morgan fingerprint density at radius 2 is 1.70 bits per heavy atom. The molecule has 0 heterocycles. The maximum atomic E-state index is 12.8. The van der Waals surface area contributed by atoms with Crippen molar-refractivity contribution in [3.8, 4) is 5.75 Å². The van der Waals surface area contributed by atoms with Gasteiger partial charge in [-0.1, -0.05) is 54.4 Å². The van der Waals surface area contributed by atoms with Crippen LogP contribution in [0.1, 0.15) is 24.8 Å². The van der Waals surface area contributed by atoms with Crippen molar-refractivity contribution < 1.29 is 17.9 Å². The van der Waals surface area contributed by atoms with E-state index >= 15 is 0 Å². The molecule has 0 saturated heterocycles. The molecule has 0 unspecified atom stereocenters. The van der Waals surface area contributed by atoms with Crippen molar-refractivity contribution in [2.24, 2.45) is 5.73 Å². The topological polar surface area (TPSA) is 98.5 Å². The van der Waals surface area contributed by atoms with Crippen LogP contribution in [0.15, 0.2) is 71.6 Å². The molecule has 0 amide bonds. The van der Waals surface area contributed by atoms with Gasteiger partial charge in [0.15, 0.2) is 0 Å². The monoisotopic (exact) mass is 426 g/mol. The molecule has 158 valence electrons. The van der Waals surface area contributed by atoms with Gasteiger partial charge in [-0.3, -0.25) is 0 Å². The molecule has 0 fully saturated rings. The quantitative estimate of drug-likeness (QED) is 0.310. The zero-order valence-corrected chi connectivity index (χ0v) is 17.7. The zero-order chi connectivity index (χ0) is 21.6. The van der Waals surface area contributed by atoms with E-state index in [-0.39, 0.29) is 4.90 Å². The van der Waals surface area contributed by atoms with E-state index in [2.05, 4.69) is 4.72 Å². The molecule has 3 aromatic carbocycles. The Hall–Kier alpha value is -2.74. The van der Waals surface area contributed by atoms with Gasteiger partial charge >= 0.3 is 5.97 Å². The van der Waals surface area contributed by atoms with E-state index in [1.54, 1.807) is 24.3 Å². The number of hydrogen-bond acceptors (Lipinski definition) is 5. The highest BCUT2D eigenvalue weighted by Gasteiger charge is 2.27. The minimum Gasteiger partial charge on any atom is -0.425 e. The molecule has 1 atom stereocenters. The van der Waals surface area contributed by atoms with Crippen LogP contribution in [-0.2, 0) is 14.8 Å². The van der Waals surface area contributed by atoms with Crippen LogP contribution in [0.2, 0.25) is 0 Å². The number of hydrogen-bond donors (Lipinski definition) is 2. The highest BCUT2D eigenvalue weighted by molar-refractivity contribution is 7.89. The summed E-state index contributed by atoms with van der Waals surface area (Å²) in [6.45, 7) is 2.34. The number of rotatable bonds is 9. The standard InChI is InChI=1S/C23H26N2O4S/c1-17-9-13-21(14-10-17)30(27,28)25-22(8-4-5-15-24)23(26)29-20-12-11-18-6-2-3-7-19(18)16-20/h2-3,6-7,9-14,16,22,25H,4-5,8,15,24H2,1H3/t22-/m0/s1. The first-order valence-corrected chi connectivity index (χ1v) is 11.4. The molecule has 0 spiro atoms. The normalized spacial score (nSPS) is 12.6. The maximum absolute atomic E-state index is 12.8. The van der Waals surface area contributed by atoms with Crippen LogP contribution < -0.4 is 15.2 Å². The van der Waals surface area contributed by atoms with Crippen LogP contribution in [0.5, 0.6) is 5.75 Å². The van der Waals surface area contributed by atoms with Gasteiger partial charge in [0.25, 0.3) is 0 Å². The molecule has 7 heteroatoms. The van der Waals surface area contributed by atoms with E-state index in [0.29, 0.717) is 31.6 Å². The highest BCUT2D eigenvalue weighted by atomic mass is 32.2. The molecule has 3 aromatic rings. The first-order chi connectivity index (χ1) is 14.4. The Kier molecular flexibility index (Phi) is 7.20. The van der Waals surface area contributed by atoms with Crippen LogP contribution in [0.3, 0.4) is 0 Å². The molecule has 30 heavy (non-hydrogen) atoms. The van der Waals surface area contributed by atoms with E-state index < -0.39 is 22.0 Å². The molecule has 3 N–H and O–H groups in total. The molecular formula is C23H26N2O4S. The third-order valence-electron chi connectivity index (χ3n) is 4.80. The summed E-state index contributed by atoms with van der Waals surface area (Å²) in [7, 11) is -3.87. The molecule has 0 saturated carbocycles. The Labute approximate surface area is 177 Å². The van der Waals surface area contributed by atoms with Crippen molar-refractivity contribution >= 4 is 26.8 Å². The van der Waals surface area contributed by atoms with E-state index in [0.717, 1.165) is 16.3 Å². The molecule has 0 aliphatic heterocycles. The lowest BCUT2D eigenvalue weighted by Crippen LogP contribution is -2.43. The van der Waals surface area contributed by atoms with Crippen LogP contribution in [-0.4, -0.2) is 27.0 Å². The molecule has 0 aliphatic rings. The summed E-state index contributed by atoms with van der Waals surface area (Å²) in [5.41, 5.74) is 6.49. The second kappa shape index (κ2) is 9.84. The van der Waals surface area contributed by atoms with E-state index in [9.17, 15) is 13.2 Å². The van der Waals surface area contributed by atoms with Crippen molar-refractivity contribution in [3.05, 3.63) is 72.3 Å². The minimum absolute atomic E-state index is 0.107. The van der Waals surface area contributed by atoms with Crippen LogP contribution in [0.25, 0.3) is 10.8 Å². The minimum atomic E-state index is -3.87. The number of nitrogens with one attached hydrogen (secondary N) is 1. The average molecular weight is 427 g/mol. The second-order valence-corrected chi connectivity index (χ2v) is 8.92. The van der Waals surface area contributed by atoms with Crippen LogP contribution >= 0.6 is 0 Å². The maximum Gasteiger partial charge on any atom is 0.329 e. The smallest absolute Gasteiger partial charge is 0.329 e. The molecule has 0 aromatic heterocycles. The molecule has 0 bridgehead atoms. The van der Waals surface area contributed by atoms with Gasteiger partial charge in [0.05, 0.1) is 4.90 Å². The summed E-state index contributed by atoms with van der Waals surface area (Å²) in [6, 6.07) is 18.5. The SMILES string of the molecule is Cc1ccc(S(=O)(=O)N[C@@H](CCCCN)C(=O)Oc2ccc3ccccc3c2)cc1. The van der Waals surface area contributed by atoms with Crippen LogP contribution in [0.4, 0.5) is 0 Å².